The van der Waals surface area contributed by atoms with Crippen molar-refractivity contribution in [2.45, 2.75) is 39.7 Å². The highest BCUT2D eigenvalue weighted by atomic mass is 16.5. The number of piperazine rings is 1. The Morgan fingerprint density at radius 1 is 1.32 bits per heavy atom. The number of Topliss-reactive ketones (excluding diaryl/α,β-unsaturated/α-hetero) is 1. The predicted octanol–water partition coefficient (Wildman–Crippen LogP) is 2.51. The molecule has 22 heavy (non-hydrogen) atoms. The Labute approximate surface area is 133 Å². The fourth-order valence-electron chi connectivity index (χ4n) is 2.81. The summed E-state index contributed by atoms with van der Waals surface area (Å²) in [5.41, 5.74) is 1.94. The van der Waals surface area contributed by atoms with Gasteiger partial charge in [0.05, 0.1) is 6.10 Å². The molecule has 0 saturated carbocycles. The molecule has 0 spiro atoms. The quantitative estimate of drug-likeness (QED) is 0.786. The average molecular weight is 304 g/mol. The highest BCUT2D eigenvalue weighted by Gasteiger charge is 2.15. The number of benzene rings is 1. The summed E-state index contributed by atoms with van der Waals surface area (Å²) in [7, 11) is 0. The van der Waals surface area contributed by atoms with E-state index in [-0.39, 0.29) is 11.9 Å². The molecule has 0 amide bonds. The smallest absolute Gasteiger partial charge is 0.164 e. The SMILES string of the molecule is CCc1cc(OC(C)C)ccc1C(=O)CCN1CCNCC1. The van der Waals surface area contributed by atoms with Crippen LogP contribution < -0.4 is 10.1 Å². The molecule has 0 aliphatic carbocycles. The van der Waals surface area contributed by atoms with Gasteiger partial charge in [-0.1, -0.05) is 6.92 Å². The number of ether oxygens (including phenoxy) is 1. The zero-order valence-corrected chi connectivity index (χ0v) is 14.0. The zero-order chi connectivity index (χ0) is 15.9. The molecule has 122 valence electrons. The van der Waals surface area contributed by atoms with Crippen LogP contribution in [0.2, 0.25) is 0 Å². The summed E-state index contributed by atoms with van der Waals surface area (Å²) in [4.78, 5) is 14.9. The largest absolute Gasteiger partial charge is 0.491 e. The van der Waals surface area contributed by atoms with Crippen molar-refractivity contribution in [3.05, 3.63) is 29.3 Å². The second kappa shape index (κ2) is 8.30. The van der Waals surface area contributed by atoms with Crippen molar-refractivity contribution in [1.29, 1.82) is 0 Å². The Balaban J connectivity index is 1.98. The van der Waals surface area contributed by atoms with Crippen LogP contribution in [0.4, 0.5) is 0 Å². The third-order valence-corrected chi connectivity index (χ3v) is 3.99. The zero-order valence-electron chi connectivity index (χ0n) is 14.0. The van der Waals surface area contributed by atoms with Gasteiger partial charge in [0.1, 0.15) is 5.75 Å². The lowest BCUT2D eigenvalue weighted by atomic mass is 9.99. The summed E-state index contributed by atoms with van der Waals surface area (Å²) in [6.45, 7) is 11.1. The van der Waals surface area contributed by atoms with Gasteiger partial charge in [0, 0.05) is 44.7 Å². The molecule has 2 rings (SSSR count). The van der Waals surface area contributed by atoms with Crippen molar-refractivity contribution in [2.24, 2.45) is 0 Å². The Morgan fingerprint density at radius 3 is 2.68 bits per heavy atom. The molecule has 1 aliphatic heterocycles. The number of nitrogens with zero attached hydrogens (tertiary/aromatic N) is 1. The van der Waals surface area contributed by atoms with Gasteiger partial charge >= 0.3 is 0 Å². The van der Waals surface area contributed by atoms with E-state index >= 15 is 0 Å². The van der Waals surface area contributed by atoms with E-state index in [9.17, 15) is 4.79 Å². The van der Waals surface area contributed by atoms with Crippen LogP contribution in [-0.4, -0.2) is 49.5 Å². The lowest BCUT2D eigenvalue weighted by molar-refractivity contribution is 0.0959. The first-order valence-electron chi connectivity index (χ1n) is 8.36. The molecule has 0 unspecified atom stereocenters. The van der Waals surface area contributed by atoms with Crippen molar-refractivity contribution in [3.63, 3.8) is 0 Å². The highest BCUT2D eigenvalue weighted by molar-refractivity contribution is 5.97. The van der Waals surface area contributed by atoms with Crippen LogP contribution in [0.3, 0.4) is 0 Å². The van der Waals surface area contributed by atoms with Gasteiger partial charge in [0.15, 0.2) is 5.78 Å². The van der Waals surface area contributed by atoms with Crippen molar-refractivity contribution in [2.75, 3.05) is 32.7 Å². The summed E-state index contributed by atoms with van der Waals surface area (Å²) in [6.07, 6.45) is 1.60. The second-order valence-electron chi connectivity index (χ2n) is 6.10. The Bertz CT molecular complexity index is 494. The van der Waals surface area contributed by atoms with Gasteiger partial charge in [-0.2, -0.15) is 0 Å². The van der Waals surface area contributed by atoms with Crippen molar-refractivity contribution >= 4 is 5.78 Å². The number of carbonyl (C=O) groups is 1. The number of rotatable bonds is 7. The van der Waals surface area contributed by atoms with Gasteiger partial charge in [-0.05, 0) is 44.0 Å². The molecule has 1 aliphatic rings. The molecule has 0 radical (unpaired) electrons. The Morgan fingerprint density at radius 2 is 2.05 bits per heavy atom. The van der Waals surface area contributed by atoms with Crippen LogP contribution >= 0.6 is 0 Å². The number of nitrogens with one attached hydrogen (secondary N) is 1. The molecular weight excluding hydrogens is 276 g/mol. The van der Waals surface area contributed by atoms with E-state index in [2.05, 4.69) is 17.1 Å². The number of hydrogen-bond acceptors (Lipinski definition) is 4. The van der Waals surface area contributed by atoms with Crippen LogP contribution in [0.25, 0.3) is 0 Å². The van der Waals surface area contributed by atoms with Crippen LogP contribution in [0.15, 0.2) is 18.2 Å². The monoisotopic (exact) mass is 304 g/mol. The van der Waals surface area contributed by atoms with E-state index in [1.807, 2.05) is 32.0 Å². The molecule has 1 aromatic rings. The van der Waals surface area contributed by atoms with Crippen LogP contribution in [0.5, 0.6) is 5.75 Å². The minimum Gasteiger partial charge on any atom is -0.491 e. The standard InChI is InChI=1S/C18H28N2O2/c1-4-15-13-16(22-14(2)3)5-6-17(15)18(21)7-10-20-11-8-19-9-12-20/h5-6,13-14,19H,4,7-12H2,1-3H3. The molecular formula is C18H28N2O2. The molecule has 1 N–H and O–H groups in total. The summed E-state index contributed by atoms with van der Waals surface area (Å²) in [5.74, 6) is 1.09. The molecule has 4 nitrogen and oxygen atoms in total. The fraction of sp³-hybridized carbons (Fsp3) is 0.611. The van der Waals surface area contributed by atoms with Crippen molar-refractivity contribution < 1.29 is 9.53 Å². The molecule has 1 saturated heterocycles. The normalized spacial score (nSPS) is 16.0. The maximum absolute atomic E-state index is 12.5. The van der Waals surface area contributed by atoms with E-state index < -0.39 is 0 Å². The molecule has 1 fully saturated rings. The first-order valence-corrected chi connectivity index (χ1v) is 8.36. The summed E-state index contributed by atoms with van der Waals surface area (Å²) < 4.78 is 5.72. The van der Waals surface area contributed by atoms with Gasteiger partial charge in [-0.25, -0.2) is 0 Å². The minimum absolute atomic E-state index is 0.152. The maximum Gasteiger partial charge on any atom is 0.164 e. The van der Waals surface area contributed by atoms with Gasteiger partial charge in [-0.3, -0.25) is 4.79 Å². The first kappa shape index (κ1) is 17.0. The number of ketones is 1. The molecule has 0 atom stereocenters. The number of carbonyl (C=O) groups excluding carboxylic acids is 1. The van der Waals surface area contributed by atoms with Gasteiger partial charge in [-0.15, -0.1) is 0 Å². The molecule has 1 heterocycles. The fourth-order valence-corrected chi connectivity index (χ4v) is 2.81. The second-order valence-corrected chi connectivity index (χ2v) is 6.10. The van der Waals surface area contributed by atoms with Crippen LogP contribution in [0.1, 0.15) is 43.1 Å². The molecule has 0 bridgehead atoms. The van der Waals surface area contributed by atoms with E-state index in [0.717, 1.165) is 56.0 Å². The lowest BCUT2D eigenvalue weighted by Crippen LogP contribution is -2.44. The van der Waals surface area contributed by atoms with Crippen molar-refractivity contribution in [1.82, 2.24) is 10.2 Å². The predicted molar refractivity (Wildman–Crippen MR) is 89.8 cm³/mol. The summed E-state index contributed by atoms with van der Waals surface area (Å²) in [5, 5.41) is 3.33. The van der Waals surface area contributed by atoms with Crippen LogP contribution in [0, 0.1) is 0 Å². The topological polar surface area (TPSA) is 41.6 Å². The molecule has 4 heteroatoms. The molecule has 0 aromatic heterocycles. The highest BCUT2D eigenvalue weighted by Crippen LogP contribution is 2.21. The number of hydrogen-bond donors (Lipinski definition) is 1. The lowest BCUT2D eigenvalue weighted by Gasteiger charge is -2.26. The van der Waals surface area contributed by atoms with Crippen LogP contribution in [-0.2, 0) is 6.42 Å². The Hall–Kier alpha value is -1.39. The van der Waals surface area contributed by atoms with Gasteiger partial charge in [0.2, 0.25) is 0 Å². The van der Waals surface area contributed by atoms with Crippen molar-refractivity contribution in [3.8, 4) is 5.75 Å². The molecule has 1 aromatic carbocycles. The Kier molecular flexibility index (Phi) is 6.40. The summed E-state index contributed by atoms with van der Waals surface area (Å²) >= 11 is 0. The average Bonchev–Trinajstić information content (AvgIpc) is 2.53. The third-order valence-electron chi connectivity index (χ3n) is 3.99. The first-order chi connectivity index (χ1) is 10.6. The van der Waals surface area contributed by atoms with E-state index in [1.165, 1.54) is 0 Å². The third kappa shape index (κ3) is 4.82. The van der Waals surface area contributed by atoms with Gasteiger partial charge in [0.25, 0.3) is 0 Å². The van der Waals surface area contributed by atoms with E-state index in [0.29, 0.717) is 6.42 Å². The minimum atomic E-state index is 0.152. The van der Waals surface area contributed by atoms with Gasteiger partial charge < -0.3 is 15.0 Å². The summed E-state index contributed by atoms with van der Waals surface area (Å²) in [6, 6.07) is 5.85. The number of aryl methyl sites for hydroxylation is 1. The van der Waals surface area contributed by atoms with E-state index in [4.69, 9.17) is 4.74 Å². The maximum atomic E-state index is 12.5. The van der Waals surface area contributed by atoms with E-state index in [1.54, 1.807) is 0 Å².